The van der Waals surface area contributed by atoms with Gasteiger partial charge in [0.2, 0.25) is 0 Å². The first kappa shape index (κ1) is 16.9. The van der Waals surface area contributed by atoms with Gasteiger partial charge in [-0.25, -0.2) is 0 Å². The molecule has 1 aromatic rings. The monoisotopic (exact) mass is 298 g/mol. The van der Waals surface area contributed by atoms with E-state index in [1.165, 1.54) is 6.07 Å². The normalized spacial score (nSPS) is 14.3. The summed E-state index contributed by atoms with van der Waals surface area (Å²) in [5.41, 5.74) is 0.759. The number of nitro groups is 1. The first-order valence-electron chi connectivity index (χ1n) is 7.03. The van der Waals surface area contributed by atoms with Crippen LogP contribution in [0.25, 0.3) is 0 Å². The van der Waals surface area contributed by atoms with Crippen molar-refractivity contribution in [2.45, 2.75) is 40.2 Å². The fourth-order valence-electron chi connectivity index (χ4n) is 2.62. The molecule has 0 aliphatic rings. The number of hydrogen-bond acceptors (Lipinski definition) is 3. The van der Waals surface area contributed by atoms with Gasteiger partial charge in [0, 0.05) is 17.7 Å². The molecule has 0 spiro atoms. The van der Waals surface area contributed by atoms with E-state index in [0.717, 1.165) is 6.54 Å². The Morgan fingerprint density at radius 3 is 2.50 bits per heavy atom. The summed E-state index contributed by atoms with van der Waals surface area (Å²) in [4.78, 5) is 10.8. The van der Waals surface area contributed by atoms with Crippen LogP contribution in [0, 0.1) is 22.0 Å². The van der Waals surface area contributed by atoms with Crippen molar-refractivity contribution in [3.05, 3.63) is 38.9 Å². The molecule has 0 amide bonds. The Labute approximate surface area is 125 Å². The van der Waals surface area contributed by atoms with Crippen molar-refractivity contribution in [2.24, 2.45) is 11.8 Å². The second-order valence-corrected chi connectivity index (χ2v) is 5.86. The summed E-state index contributed by atoms with van der Waals surface area (Å²) < 4.78 is 0. The molecule has 0 saturated heterocycles. The smallest absolute Gasteiger partial charge is 0.274 e. The molecular weight excluding hydrogens is 276 g/mol. The average Bonchev–Trinajstić information content (AvgIpc) is 2.36. The maximum Gasteiger partial charge on any atom is 0.274 e. The van der Waals surface area contributed by atoms with Crippen LogP contribution in [-0.4, -0.2) is 17.5 Å². The van der Waals surface area contributed by atoms with Gasteiger partial charge in [0.15, 0.2) is 0 Å². The van der Waals surface area contributed by atoms with Crippen LogP contribution in [0.15, 0.2) is 18.2 Å². The Kier molecular flexibility index (Phi) is 6.43. The minimum atomic E-state index is -0.351. The SMILES string of the molecule is CCNC(C)C(Cc1c(Cl)cccc1[N+](=O)[O-])C(C)C. The molecule has 0 heterocycles. The van der Waals surface area contributed by atoms with Gasteiger partial charge in [0.1, 0.15) is 0 Å². The molecule has 1 N–H and O–H groups in total. The van der Waals surface area contributed by atoms with E-state index >= 15 is 0 Å². The second kappa shape index (κ2) is 7.60. The Morgan fingerprint density at radius 2 is 2.00 bits per heavy atom. The van der Waals surface area contributed by atoms with Crippen LogP contribution in [-0.2, 0) is 6.42 Å². The summed E-state index contributed by atoms with van der Waals surface area (Å²) in [7, 11) is 0. The van der Waals surface area contributed by atoms with Crippen molar-refractivity contribution in [3.8, 4) is 0 Å². The third-order valence-corrected chi connectivity index (χ3v) is 4.11. The number of nitrogens with one attached hydrogen (secondary N) is 1. The van der Waals surface area contributed by atoms with Gasteiger partial charge in [0.05, 0.1) is 9.95 Å². The lowest BCUT2D eigenvalue weighted by molar-refractivity contribution is -0.385. The summed E-state index contributed by atoms with van der Waals surface area (Å²) in [6.45, 7) is 9.35. The predicted octanol–water partition coefficient (Wildman–Crippen LogP) is 4.06. The summed E-state index contributed by atoms with van der Waals surface area (Å²) in [6.07, 6.45) is 0.613. The molecule has 2 unspecified atom stereocenters. The molecule has 0 aromatic heterocycles. The quantitative estimate of drug-likeness (QED) is 0.610. The van der Waals surface area contributed by atoms with Crippen LogP contribution < -0.4 is 5.32 Å². The molecule has 20 heavy (non-hydrogen) atoms. The van der Waals surface area contributed by atoms with Crippen molar-refractivity contribution >= 4 is 17.3 Å². The lowest BCUT2D eigenvalue weighted by Gasteiger charge is -2.28. The third kappa shape index (κ3) is 4.18. The molecule has 5 heteroatoms. The predicted molar refractivity (Wildman–Crippen MR) is 83.3 cm³/mol. The zero-order chi connectivity index (χ0) is 15.3. The molecule has 0 saturated carbocycles. The average molecular weight is 299 g/mol. The first-order valence-corrected chi connectivity index (χ1v) is 7.41. The Hall–Kier alpha value is -1.13. The van der Waals surface area contributed by atoms with Crippen LogP contribution in [0.5, 0.6) is 0 Å². The Morgan fingerprint density at radius 1 is 1.35 bits per heavy atom. The fourth-order valence-corrected chi connectivity index (χ4v) is 2.87. The highest BCUT2D eigenvalue weighted by atomic mass is 35.5. The van der Waals surface area contributed by atoms with Crippen molar-refractivity contribution in [2.75, 3.05) is 6.54 Å². The highest BCUT2D eigenvalue weighted by molar-refractivity contribution is 6.31. The highest BCUT2D eigenvalue weighted by Crippen LogP contribution is 2.31. The van der Waals surface area contributed by atoms with Gasteiger partial charge in [-0.15, -0.1) is 0 Å². The van der Waals surface area contributed by atoms with E-state index in [9.17, 15) is 10.1 Å². The van der Waals surface area contributed by atoms with Gasteiger partial charge < -0.3 is 5.32 Å². The van der Waals surface area contributed by atoms with Crippen molar-refractivity contribution < 1.29 is 4.92 Å². The first-order chi connectivity index (χ1) is 9.38. The lowest BCUT2D eigenvalue weighted by Crippen LogP contribution is -2.37. The summed E-state index contributed by atoms with van der Waals surface area (Å²) in [6, 6.07) is 5.16. The summed E-state index contributed by atoms with van der Waals surface area (Å²) in [5, 5.41) is 15.0. The molecule has 1 aromatic carbocycles. The molecule has 112 valence electrons. The lowest BCUT2D eigenvalue weighted by atomic mass is 9.83. The van der Waals surface area contributed by atoms with E-state index in [0.29, 0.717) is 28.8 Å². The van der Waals surface area contributed by atoms with E-state index < -0.39 is 0 Å². The van der Waals surface area contributed by atoms with Gasteiger partial charge in [-0.3, -0.25) is 10.1 Å². The number of nitro benzene ring substituents is 1. The topological polar surface area (TPSA) is 55.2 Å². The van der Waals surface area contributed by atoms with Gasteiger partial charge in [-0.2, -0.15) is 0 Å². The van der Waals surface area contributed by atoms with E-state index in [4.69, 9.17) is 11.6 Å². The van der Waals surface area contributed by atoms with Crippen molar-refractivity contribution in [3.63, 3.8) is 0 Å². The third-order valence-electron chi connectivity index (χ3n) is 3.76. The zero-order valence-electron chi connectivity index (χ0n) is 12.5. The minimum absolute atomic E-state index is 0.117. The number of halogens is 1. The maximum absolute atomic E-state index is 11.2. The van der Waals surface area contributed by atoms with E-state index in [1.54, 1.807) is 12.1 Å². The standard InChI is InChI=1S/C15H23ClN2O2/c1-5-17-11(4)12(10(2)3)9-13-14(16)7-6-8-15(13)18(19)20/h6-8,10-12,17H,5,9H2,1-4H3. The van der Waals surface area contributed by atoms with Gasteiger partial charge in [-0.05, 0) is 37.8 Å². The molecule has 0 fully saturated rings. The Bertz CT molecular complexity index is 463. The molecule has 2 atom stereocenters. The van der Waals surface area contributed by atoms with Crippen LogP contribution in [0.2, 0.25) is 5.02 Å². The summed E-state index contributed by atoms with van der Waals surface area (Å²) in [5.74, 6) is 0.716. The largest absolute Gasteiger partial charge is 0.314 e. The molecule has 0 aliphatic carbocycles. The van der Waals surface area contributed by atoms with Gasteiger partial charge in [0.25, 0.3) is 5.69 Å². The van der Waals surface area contributed by atoms with Crippen molar-refractivity contribution in [1.29, 1.82) is 0 Å². The van der Waals surface area contributed by atoms with Crippen LogP contribution in [0.4, 0.5) is 5.69 Å². The number of nitrogens with zero attached hydrogens (tertiary/aromatic N) is 1. The molecule has 0 radical (unpaired) electrons. The Balaban J connectivity index is 3.08. The number of hydrogen-bond donors (Lipinski definition) is 1. The van der Waals surface area contributed by atoms with Gasteiger partial charge >= 0.3 is 0 Å². The second-order valence-electron chi connectivity index (χ2n) is 5.45. The molecule has 0 aliphatic heterocycles. The van der Waals surface area contributed by atoms with E-state index in [1.807, 2.05) is 0 Å². The maximum atomic E-state index is 11.2. The van der Waals surface area contributed by atoms with E-state index in [-0.39, 0.29) is 16.7 Å². The number of rotatable bonds is 7. The fraction of sp³-hybridized carbons (Fsp3) is 0.600. The van der Waals surface area contributed by atoms with Gasteiger partial charge in [-0.1, -0.05) is 38.4 Å². The van der Waals surface area contributed by atoms with Crippen LogP contribution >= 0.6 is 11.6 Å². The zero-order valence-corrected chi connectivity index (χ0v) is 13.3. The van der Waals surface area contributed by atoms with Crippen LogP contribution in [0.1, 0.15) is 33.3 Å². The van der Waals surface area contributed by atoms with Crippen molar-refractivity contribution in [1.82, 2.24) is 5.32 Å². The minimum Gasteiger partial charge on any atom is -0.314 e. The molecule has 4 nitrogen and oxygen atoms in total. The molecular formula is C15H23ClN2O2. The highest BCUT2D eigenvalue weighted by Gasteiger charge is 2.26. The number of benzene rings is 1. The van der Waals surface area contributed by atoms with E-state index in [2.05, 4.69) is 33.0 Å². The van der Waals surface area contributed by atoms with Crippen LogP contribution in [0.3, 0.4) is 0 Å². The molecule has 1 rings (SSSR count). The molecule has 0 bridgehead atoms. The summed E-state index contributed by atoms with van der Waals surface area (Å²) >= 11 is 6.18.